The smallest absolute Gasteiger partial charge is 0.255 e. The van der Waals surface area contributed by atoms with Gasteiger partial charge in [0.15, 0.2) is 0 Å². The SMILES string of the molecule is COc1ccc(C(=O)N[C@@H](CC(=O)[O-])c2ccc(Cl)cc2)c(OC)c1. The van der Waals surface area contributed by atoms with E-state index in [0.29, 0.717) is 22.1 Å². The van der Waals surface area contributed by atoms with Crippen LogP contribution in [-0.4, -0.2) is 26.1 Å². The number of aliphatic carboxylic acids is 1. The maximum Gasteiger partial charge on any atom is 0.255 e. The second kappa shape index (κ2) is 8.39. The predicted octanol–water partition coefficient (Wildman–Crippen LogP) is 1.97. The molecule has 0 unspecified atom stereocenters. The largest absolute Gasteiger partial charge is 0.550 e. The number of carbonyl (C=O) groups excluding carboxylic acids is 2. The average Bonchev–Trinajstić information content (AvgIpc) is 2.60. The number of hydrogen-bond donors (Lipinski definition) is 1. The molecule has 0 saturated carbocycles. The van der Waals surface area contributed by atoms with Crippen molar-refractivity contribution in [2.24, 2.45) is 0 Å². The van der Waals surface area contributed by atoms with Gasteiger partial charge in [0.25, 0.3) is 5.91 Å². The number of carboxylic acid groups (broad SMARTS) is 1. The molecule has 0 radical (unpaired) electrons. The van der Waals surface area contributed by atoms with Crippen molar-refractivity contribution in [2.75, 3.05) is 14.2 Å². The van der Waals surface area contributed by atoms with Crippen LogP contribution in [0.15, 0.2) is 42.5 Å². The summed E-state index contributed by atoms with van der Waals surface area (Å²) >= 11 is 5.85. The Hall–Kier alpha value is -2.73. The quantitative estimate of drug-likeness (QED) is 0.813. The Morgan fingerprint density at radius 2 is 1.80 bits per heavy atom. The first-order valence-corrected chi connectivity index (χ1v) is 7.80. The molecule has 25 heavy (non-hydrogen) atoms. The molecule has 2 rings (SSSR count). The summed E-state index contributed by atoms with van der Waals surface area (Å²) < 4.78 is 10.3. The van der Waals surface area contributed by atoms with Gasteiger partial charge in [-0.2, -0.15) is 0 Å². The summed E-state index contributed by atoms with van der Waals surface area (Å²) in [5, 5.41) is 14.2. The van der Waals surface area contributed by atoms with Crippen LogP contribution in [0, 0.1) is 0 Å². The molecule has 0 bridgehead atoms. The van der Waals surface area contributed by atoms with Crippen molar-refractivity contribution in [1.29, 1.82) is 0 Å². The molecule has 0 aliphatic heterocycles. The van der Waals surface area contributed by atoms with Crippen LogP contribution in [0.25, 0.3) is 0 Å². The van der Waals surface area contributed by atoms with Gasteiger partial charge in [0.2, 0.25) is 0 Å². The number of rotatable bonds is 7. The summed E-state index contributed by atoms with van der Waals surface area (Å²) in [6.07, 6.45) is -0.369. The highest BCUT2D eigenvalue weighted by atomic mass is 35.5. The molecule has 0 fully saturated rings. The molecule has 7 heteroatoms. The minimum atomic E-state index is -1.28. The van der Waals surface area contributed by atoms with Gasteiger partial charge < -0.3 is 24.7 Å². The van der Waals surface area contributed by atoms with Gasteiger partial charge in [0, 0.05) is 23.5 Å². The highest BCUT2D eigenvalue weighted by molar-refractivity contribution is 6.30. The average molecular weight is 363 g/mol. The van der Waals surface area contributed by atoms with E-state index in [1.807, 2.05) is 0 Å². The number of carbonyl (C=O) groups is 2. The molecule has 1 atom stereocenters. The van der Waals surface area contributed by atoms with Gasteiger partial charge in [-0.05, 0) is 29.8 Å². The third-order valence-corrected chi connectivity index (χ3v) is 3.85. The Labute approximate surface area is 150 Å². The molecule has 0 heterocycles. The van der Waals surface area contributed by atoms with E-state index in [9.17, 15) is 14.7 Å². The summed E-state index contributed by atoms with van der Waals surface area (Å²) in [6.45, 7) is 0. The molecule has 0 saturated heterocycles. The third-order valence-electron chi connectivity index (χ3n) is 3.60. The van der Waals surface area contributed by atoms with Crippen LogP contribution in [0.4, 0.5) is 0 Å². The van der Waals surface area contributed by atoms with Gasteiger partial charge in [-0.3, -0.25) is 4.79 Å². The lowest BCUT2D eigenvalue weighted by molar-refractivity contribution is -0.306. The van der Waals surface area contributed by atoms with Crippen molar-refractivity contribution in [3.8, 4) is 11.5 Å². The molecule has 132 valence electrons. The lowest BCUT2D eigenvalue weighted by Crippen LogP contribution is -2.34. The summed E-state index contributed by atoms with van der Waals surface area (Å²) in [5.41, 5.74) is 0.870. The molecule has 2 aromatic carbocycles. The van der Waals surface area contributed by atoms with Gasteiger partial charge in [-0.25, -0.2) is 0 Å². The minimum absolute atomic E-state index is 0.264. The fraction of sp³-hybridized carbons (Fsp3) is 0.222. The van der Waals surface area contributed by atoms with Crippen molar-refractivity contribution in [2.45, 2.75) is 12.5 Å². The number of carboxylic acids is 1. The van der Waals surface area contributed by atoms with Crippen molar-refractivity contribution in [3.05, 3.63) is 58.6 Å². The van der Waals surface area contributed by atoms with Gasteiger partial charge >= 0.3 is 0 Å². The van der Waals surface area contributed by atoms with Crippen molar-refractivity contribution in [1.82, 2.24) is 5.32 Å². The summed E-state index contributed by atoms with van der Waals surface area (Å²) in [6, 6.07) is 10.5. The first-order chi connectivity index (χ1) is 11.9. The Kier molecular flexibility index (Phi) is 6.25. The molecule has 1 N–H and O–H groups in total. The Balaban J connectivity index is 2.27. The van der Waals surface area contributed by atoms with Crippen LogP contribution in [0.5, 0.6) is 11.5 Å². The van der Waals surface area contributed by atoms with E-state index in [2.05, 4.69) is 5.32 Å². The highest BCUT2D eigenvalue weighted by Gasteiger charge is 2.19. The molecule has 0 aromatic heterocycles. The summed E-state index contributed by atoms with van der Waals surface area (Å²) in [5.74, 6) is -0.889. The monoisotopic (exact) mass is 362 g/mol. The zero-order valence-electron chi connectivity index (χ0n) is 13.7. The van der Waals surface area contributed by atoms with E-state index in [1.165, 1.54) is 14.2 Å². The van der Waals surface area contributed by atoms with Crippen LogP contribution >= 0.6 is 11.6 Å². The van der Waals surface area contributed by atoms with Gasteiger partial charge in [0.1, 0.15) is 11.5 Å². The lowest BCUT2D eigenvalue weighted by atomic mass is 10.0. The minimum Gasteiger partial charge on any atom is -0.550 e. The number of ether oxygens (including phenoxy) is 2. The van der Waals surface area contributed by atoms with Crippen molar-refractivity contribution in [3.63, 3.8) is 0 Å². The van der Waals surface area contributed by atoms with Crippen LogP contribution in [-0.2, 0) is 4.79 Å². The predicted molar refractivity (Wildman–Crippen MR) is 90.8 cm³/mol. The molecular formula is C18H17ClNO5-. The third kappa shape index (κ3) is 4.87. The van der Waals surface area contributed by atoms with Gasteiger partial charge in [-0.15, -0.1) is 0 Å². The standard InChI is InChI=1S/C18H18ClNO5/c1-24-13-7-8-14(16(9-13)25-2)18(23)20-15(10-17(21)22)11-3-5-12(19)6-4-11/h3-9,15H,10H2,1-2H3,(H,20,23)(H,21,22)/p-1/t15-/m0/s1. The second-order valence-corrected chi connectivity index (χ2v) is 5.66. The van der Waals surface area contributed by atoms with Crippen LogP contribution < -0.4 is 19.9 Å². The molecule has 1 amide bonds. The number of halogens is 1. The van der Waals surface area contributed by atoms with E-state index >= 15 is 0 Å². The normalized spacial score (nSPS) is 11.5. The number of benzene rings is 2. The number of amides is 1. The van der Waals surface area contributed by atoms with Crippen LogP contribution in [0.2, 0.25) is 5.02 Å². The molecule has 6 nitrogen and oxygen atoms in total. The molecule has 0 aliphatic carbocycles. The van der Waals surface area contributed by atoms with E-state index in [-0.39, 0.29) is 12.0 Å². The van der Waals surface area contributed by atoms with Crippen LogP contribution in [0.1, 0.15) is 28.4 Å². The number of nitrogens with one attached hydrogen (secondary N) is 1. The lowest BCUT2D eigenvalue weighted by Gasteiger charge is -2.20. The Morgan fingerprint density at radius 3 is 2.36 bits per heavy atom. The number of methoxy groups -OCH3 is 2. The zero-order valence-corrected chi connectivity index (χ0v) is 14.5. The van der Waals surface area contributed by atoms with E-state index in [0.717, 1.165) is 0 Å². The van der Waals surface area contributed by atoms with E-state index < -0.39 is 17.9 Å². The van der Waals surface area contributed by atoms with Crippen molar-refractivity contribution < 1.29 is 24.2 Å². The first-order valence-electron chi connectivity index (χ1n) is 7.42. The van der Waals surface area contributed by atoms with E-state index in [1.54, 1.807) is 42.5 Å². The maximum atomic E-state index is 12.6. The Bertz CT molecular complexity index is 761. The van der Waals surface area contributed by atoms with Gasteiger partial charge in [-0.1, -0.05) is 23.7 Å². The zero-order chi connectivity index (χ0) is 18.4. The molecule has 0 aliphatic rings. The summed E-state index contributed by atoms with van der Waals surface area (Å²) in [4.78, 5) is 23.6. The first kappa shape index (κ1) is 18.6. The van der Waals surface area contributed by atoms with E-state index in [4.69, 9.17) is 21.1 Å². The second-order valence-electron chi connectivity index (χ2n) is 5.22. The van der Waals surface area contributed by atoms with Gasteiger partial charge in [0.05, 0.1) is 25.8 Å². The maximum absolute atomic E-state index is 12.6. The number of hydrogen-bond acceptors (Lipinski definition) is 5. The fourth-order valence-electron chi connectivity index (χ4n) is 2.34. The van der Waals surface area contributed by atoms with Crippen LogP contribution in [0.3, 0.4) is 0 Å². The van der Waals surface area contributed by atoms with Crippen molar-refractivity contribution >= 4 is 23.5 Å². The molecule has 2 aromatic rings. The fourth-order valence-corrected chi connectivity index (χ4v) is 2.46. The molecule has 0 spiro atoms. The topological polar surface area (TPSA) is 87.7 Å². The Morgan fingerprint density at radius 1 is 1.12 bits per heavy atom. The summed E-state index contributed by atoms with van der Waals surface area (Å²) in [7, 11) is 2.94. The molecular weight excluding hydrogens is 346 g/mol. The highest BCUT2D eigenvalue weighted by Crippen LogP contribution is 2.26.